The van der Waals surface area contributed by atoms with Crippen LogP contribution >= 0.6 is 0 Å². The van der Waals surface area contributed by atoms with Gasteiger partial charge in [0.1, 0.15) is 0 Å². The zero-order valence-corrected chi connectivity index (χ0v) is 9.86. The molecule has 0 saturated carbocycles. The van der Waals surface area contributed by atoms with Crippen LogP contribution in [0.4, 0.5) is 5.69 Å². The van der Waals surface area contributed by atoms with Crippen LogP contribution in [0.15, 0.2) is 36.4 Å². The Hall–Kier alpha value is -2.27. The second-order valence-corrected chi connectivity index (χ2v) is 4.39. The molecular weight excluding hydrogens is 208 g/mol. The number of aryl methyl sites for hydroxylation is 2. The van der Waals surface area contributed by atoms with E-state index < -0.39 is 0 Å². The van der Waals surface area contributed by atoms with E-state index in [1.165, 1.54) is 21.9 Å². The Morgan fingerprint density at radius 3 is 2.35 bits per heavy atom. The summed E-state index contributed by atoms with van der Waals surface area (Å²) in [4.78, 5) is 3.49. The largest absolute Gasteiger partial charge is 0.345 e. The molecule has 2 aromatic carbocycles. The van der Waals surface area contributed by atoms with Gasteiger partial charge in [-0.2, -0.15) is 0 Å². The molecule has 0 aliphatic carbocycles. The maximum atomic E-state index is 7.07. The monoisotopic (exact) mass is 220 g/mol. The summed E-state index contributed by atoms with van der Waals surface area (Å²) >= 11 is 0. The lowest BCUT2D eigenvalue weighted by Crippen LogP contribution is -1.86. The molecule has 2 heteroatoms. The van der Waals surface area contributed by atoms with Crippen molar-refractivity contribution in [2.75, 3.05) is 0 Å². The number of fused-ring (bicyclic) bond motifs is 3. The highest BCUT2D eigenvalue weighted by Gasteiger charge is 2.08. The highest BCUT2D eigenvalue weighted by molar-refractivity contribution is 6.08. The summed E-state index contributed by atoms with van der Waals surface area (Å²) in [5.74, 6) is 0. The molecule has 0 aliphatic heterocycles. The zero-order valence-electron chi connectivity index (χ0n) is 9.86. The summed E-state index contributed by atoms with van der Waals surface area (Å²) in [7, 11) is 2.05. The topological polar surface area (TPSA) is 9.29 Å². The number of hydrogen-bond acceptors (Lipinski definition) is 0. The number of nitrogens with zero attached hydrogens (tertiary/aromatic N) is 2. The van der Waals surface area contributed by atoms with Crippen molar-refractivity contribution in [2.24, 2.45) is 7.05 Å². The summed E-state index contributed by atoms with van der Waals surface area (Å²) in [6.07, 6.45) is 0. The Morgan fingerprint density at radius 2 is 1.65 bits per heavy atom. The molecule has 0 amide bonds. The third kappa shape index (κ3) is 1.33. The molecule has 3 aromatic rings. The van der Waals surface area contributed by atoms with E-state index in [4.69, 9.17) is 6.57 Å². The van der Waals surface area contributed by atoms with E-state index in [-0.39, 0.29) is 0 Å². The third-order valence-corrected chi connectivity index (χ3v) is 3.28. The fourth-order valence-electron chi connectivity index (χ4n) is 2.37. The zero-order chi connectivity index (χ0) is 12.0. The Labute approximate surface area is 99.9 Å². The van der Waals surface area contributed by atoms with E-state index in [9.17, 15) is 0 Å². The lowest BCUT2D eigenvalue weighted by atomic mass is 10.1. The average molecular weight is 220 g/mol. The van der Waals surface area contributed by atoms with E-state index in [0.717, 1.165) is 5.52 Å². The van der Waals surface area contributed by atoms with Gasteiger partial charge in [-0.1, -0.05) is 24.3 Å². The molecule has 3 rings (SSSR count). The van der Waals surface area contributed by atoms with E-state index in [1.54, 1.807) is 0 Å². The molecule has 0 unspecified atom stereocenters. The second-order valence-electron chi connectivity index (χ2n) is 4.39. The van der Waals surface area contributed by atoms with Crippen molar-refractivity contribution in [1.29, 1.82) is 0 Å². The molecule has 0 radical (unpaired) electrons. The maximum absolute atomic E-state index is 7.07. The molecule has 1 heterocycles. The third-order valence-electron chi connectivity index (χ3n) is 3.28. The lowest BCUT2D eigenvalue weighted by molar-refractivity contribution is 1.01. The van der Waals surface area contributed by atoms with Crippen LogP contribution in [-0.4, -0.2) is 4.57 Å². The van der Waals surface area contributed by atoms with Crippen molar-refractivity contribution in [3.63, 3.8) is 0 Å². The Morgan fingerprint density at radius 1 is 1.00 bits per heavy atom. The first-order valence-corrected chi connectivity index (χ1v) is 5.57. The van der Waals surface area contributed by atoms with Gasteiger partial charge in [0.25, 0.3) is 0 Å². The van der Waals surface area contributed by atoms with Crippen LogP contribution in [-0.2, 0) is 7.05 Å². The van der Waals surface area contributed by atoms with Crippen LogP contribution in [0, 0.1) is 13.5 Å². The fraction of sp³-hybridized carbons (Fsp3) is 0.133. The first-order chi connectivity index (χ1) is 8.20. The second kappa shape index (κ2) is 3.36. The highest BCUT2D eigenvalue weighted by atomic mass is 14.9. The minimum atomic E-state index is 0.695. The van der Waals surface area contributed by atoms with Gasteiger partial charge >= 0.3 is 0 Å². The van der Waals surface area contributed by atoms with E-state index >= 15 is 0 Å². The molecule has 0 fully saturated rings. The van der Waals surface area contributed by atoms with Gasteiger partial charge in [-0.05, 0) is 24.6 Å². The minimum Gasteiger partial charge on any atom is -0.345 e. The predicted octanol–water partition coefficient (Wildman–Crippen LogP) is 4.19. The van der Waals surface area contributed by atoms with Crippen molar-refractivity contribution in [1.82, 2.24) is 4.57 Å². The summed E-state index contributed by atoms with van der Waals surface area (Å²) in [6.45, 7) is 9.17. The van der Waals surface area contributed by atoms with Crippen molar-refractivity contribution in [2.45, 2.75) is 6.92 Å². The SMILES string of the molecule is [C-]#[N+]c1ccc2c3ccc(C)cc3n(C)c2c1. The summed E-state index contributed by atoms with van der Waals surface area (Å²) < 4.78 is 2.16. The van der Waals surface area contributed by atoms with Gasteiger partial charge in [0, 0.05) is 28.9 Å². The van der Waals surface area contributed by atoms with Gasteiger partial charge in [0.05, 0.1) is 6.57 Å². The lowest BCUT2D eigenvalue weighted by Gasteiger charge is -1.98. The van der Waals surface area contributed by atoms with E-state index in [0.29, 0.717) is 5.69 Å². The van der Waals surface area contributed by atoms with Crippen LogP contribution in [0.25, 0.3) is 26.7 Å². The van der Waals surface area contributed by atoms with E-state index in [1.807, 2.05) is 18.2 Å². The number of aromatic nitrogens is 1. The molecular formula is C15H12N2. The number of benzene rings is 2. The van der Waals surface area contributed by atoms with Crippen molar-refractivity contribution >= 4 is 27.5 Å². The van der Waals surface area contributed by atoms with Crippen molar-refractivity contribution in [3.05, 3.63) is 53.4 Å². The highest BCUT2D eigenvalue weighted by Crippen LogP contribution is 2.31. The van der Waals surface area contributed by atoms with E-state index in [2.05, 4.69) is 41.6 Å². The van der Waals surface area contributed by atoms with Crippen LogP contribution in [0.3, 0.4) is 0 Å². The van der Waals surface area contributed by atoms with Gasteiger partial charge in [0.15, 0.2) is 5.69 Å². The molecule has 1 aromatic heterocycles. The number of rotatable bonds is 0. The predicted molar refractivity (Wildman–Crippen MR) is 71.4 cm³/mol. The standard InChI is InChI=1S/C15H12N2/c1-10-4-6-12-13-7-5-11(16-2)9-15(13)17(3)14(12)8-10/h4-9H,1,3H3. The smallest absolute Gasteiger partial charge is 0.189 e. The number of hydrogen-bond donors (Lipinski definition) is 0. The summed E-state index contributed by atoms with van der Waals surface area (Å²) in [5.41, 5.74) is 4.30. The van der Waals surface area contributed by atoms with Crippen LogP contribution < -0.4 is 0 Å². The van der Waals surface area contributed by atoms with Crippen molar-refractivity contribution < 1.29 is 0 Å². The average Bonchev–Trinajstić information content (AvgIpc) is 2.62. The molecule has 82 valence electrons. The molecule has 0 bridgehead atoms. The Bertz CT molecular complexity index is 773. The van der Waals surface area contributed by atoms with Gasteiger partial charge in [-0.3, -0.25) is 0 Å². The van der Waals surface area contributed by atoms with Crippen molar-refractivity contribution in [3.8, 4) is 0 Å². The maximum Gasteiger partial charge on any atom is 0.189 e. The Kier molecular flexibility index (Phi) is 1.96. The first kappa shape index (κ1) is 9.92. The molecule has 0 N–H and O–H groups in total. The fourth-order valence-corrected chi connectivity index (χ4v) is 2.37. The van der Waals surface area contributed by atoms with Crippen LogP contribution in [0.1, 0.15) is 5.56 Å². The van der Waals surface area contributed by atoms with Gasteiger partial charge in [-0.25, -0.2) is 4.85 Å². The molecule has 17 heavy (non-hydrogen) atoms. The first-order valence-electron chi connectivity index (χ1n) is 5.57. The molecule has 0 aliphatic rings. The normalized spacial score (nSPS) is 10.9. The molecule has 2 nitrogen and oxygen atoms in total. The minimum absolute atomic E-state index is 0.695. The quantitative estimate of drug-likeness (QED) is 0.502. The summed E-state index contributed by atoms with van der Waals surface area (Å²) in [5, 5.41) is 2.47. The van der Waals surface area contributed by atoms with Gasteiger partial charge in [-0.15, -0.1) is 0 Å². The van der Waals surface area contributed by atoms with Crippen LogP contribution in [0.5, 0.6) is 0 Å². The molecule has 0 saturated heterocycles. The van der Waals surface area contributed by atoms with Crippen LogP contribution in [0.2, 0.25) is 0 Å². The summed E-state index contributed by atoms with van der Waals surface area (Å²) in [6, 6.07) is 12.4. The van der Waals surface area contributed by atoms with Gasteiger partial charge < -0.3 is 4.57 Å². The molecule has 0 atom stereocenters. The Balaban J connectivity index is 2.54. The molecule has 0 spiro atoms. The van der Waals surface area contributed by atoms with Gasteiger partial charge in [0.2, 0.25) is 0 Å².